The molecule has 0 aliphatic carbocycles. The summed E-state index contributed by atoms with van der Waals surface area (Å²) >= 11 is 5.85. The fraction of sp³-hybridized carbons (Fsp3) is 0.0714. The average molecular weight is 243 g/mol. The van der Waals surface area contributed by atoms with Gasteiger partial charge in [-0.25, -0.2) is 4.98 Å². The largest absolute Gasteiger partial charge is 0.299 e. The van der Waals surface area contributed by atoms with Crippen molar-refractivity contribution < 1.29 is 0 Å². The molecule has 0 spiro atoms. The molecule has 0 bridgehead atoms. The van der Waals surface area contributed by atoms with E-state index in [1.54, 1.807) is 0 Å². The second-order valence-electron chi connectivity index (χ2n) is 3.91. The molecule has 0 amide bonds. The van der Waals surface area contributed by atoms with Crippen LogP contribution in [0.3, 0.4) is 0 Å². The van der Waals surface area contributed by atoms with Crippen molar-refractivity contribution in [1.29, 1.82) is 0 Å². The summed E-state index contributed by atoms with van der Waals surface area (Å²) in [4.78, 5) is 4.38. The van der Waals surface area contributed by atoms with E-state index in [-0.39, 0.29) is 0 Å². The Kier molecular flexibility index (Phi) is 2.57. The molecule has 3 rings (SSSR count). The fourth-order valence-corrected chi connectivity index (χ4v) is 2.12. The summed E-state index contributed by atoms with van der Waals surface area (Å²) in [5.41, 5.74) is 4.32. The number of para-hydroxylation sites is 2. The van der Waals surface area contributed by atoms with Gasteiger partial charge in [-0.05, 0) is 29.8 Å². The molecule has 2 nitrogen and oxygen atoms in total. The van der Waals surface area contributed by atoms with Gasteiger partial charge in [-0.15, -0.1) is 11.6 Å². The van der Waals surface area contributed by atoms with Crippen molar-refractivity contribution in [3.63, 3.8) is 0 Å². The van der Waals surface area contributed by atoms with Gasteiger partial charge in [0, 0.05) is 11.6 Å². The maximum Gasteiger partial charge on any atom is 0.100 e. The standard InChI is InChI=1S/C14H11ClN2/c15-9-11-4-3-5-12(8-11)17-10-16-13-6-1-2-7-14(13)17/h1-8,10H,9H2. The van der Waals surface area contributed by atoms with Crippen molar-refractivity contribution in [2.45, 2.75) is 5.88 Å². The zero-order valence-electron chi connectivity index (χ0n) is 9.18. The number of hydrogen-bond donors (Lipinski definition) is 0. The smallest absolute Gasteiger partial charge is 0.100 e. The fourth-order valence-electron chi connectivity index (χ4n) is 1.95. The number of benzene rings is 2. The maximum absolute atomic E-state index is 5.85. The van der Waals surface area contributed by atoms with Crippen molar-refractivity contribution >= 4 is 22.6 Å². The minimum Gasteiger partial charge on any atom is -0.299 e. The highest BCUT2D eigenvalue weighted by molar-refractivity contribution is 6.17. The quantitative estimate of drug-likeness (QED) is 0.626. The SMILES string of the molecule is ClCc1cccc(-n2cnc3ccccc32)c1. The zero-order valence-corrected chi connectivity index (χ0v) is 9.93. The molecule has 84 valence electrons. The number of alkyl halides is 1. The van der Waals surface area contributed by atoms with Crippen LogP contribution in [0.5, 0.6) is 0 Å². The molecule has 0 saturated carbocycles. The van der Waals surface area contributed by atoms with E-state index in [9.17, 15) is 0 Å². The molecule has 0 radical (unpaired) electrons. The van der Waals surface area contributed by atoms with E-state index in [1.807, 2.05) is 36.7 Å². The molecule has 2 aromatic carbocycles. The number of rotatable bonds is 2. The van der Waals surface area contributed by atoms with Crippen molar-refractivity contribution in [1.82, 2.24) is 9.55 Å². The molecule has 0 fully saturated rings. The Labute approximate surface area is 104 Å². The first-order valence-electron chi connectivity index (χ1n) is 5.46. The van der Waals surface area contributed by atoms with Crippen LogP contribution in [0, 0.1) is 0 Å². The topological polar surface area (TPSA) is 17.8 Å². The highest BCUT2D eigenvalue weighted by Crippen LogP contribution is 2.19. The molecular weight excluding hydrogens is 232 g/mol. The second-order valence-corrected chi connectivity index (χ2v) is 4.17. The average Bonchev–Trinajstić information content (AvgIpc) is 2.82. The highest BCUT2D eigenvalue weighted by atomic mass is 35.5. The summed E-state index contributed by atoms with van der Waals surface area (Å²) < 4.78 is 2.07. The minimum atomic E-state index is 0.528. The van der Waals surface area contributed by atoms with Gasteiger partial charge in [-0.2, -0.15) is 0 Å². The lowest BCUT2D eigenvalue weighted by Crippen LogP contribution is -1.92. The zero-order chi connectivity index (χ0) is 11.7. The molecule has 0 atom stereocenters. The van der Waals surface area contributed by atoms with E-state index in [2.05, 4.69) is 27.8 Å². The van der Waals surface area contributed by atoms with Crippen LogP contribution in [0.1, 0.15) is 5.56 Å². The lowest BCUT2D eigenvalue weighted by atomic mass is 10.2. The molecule has 1 aromatic heterocycles. The Hall–Kier alpha value is -1.80. The lowest BCUT2D eigenvalue weighted by molar-refractivity contribution is 1.09. The number of hydrogen-bond acceptors (Lipinski definition) is 1. The molecule has 0 N–H and O–H groups in total. The summed E-state index contributed by atoms with van der Waals surface area (Å²) in [5, 5.41) is 0. The number of fused-ring (bicyclic) bond motifs is 1. The van der Waals surface area contributed by atoms with Gasteiger partial charge < -0.3 is 0 Å². The van der Waals surface area contributed by atoms with Gasteiger partial charge in [0.1, 0.15) is 6.33 Å². The van der Waals surface area contributed by atoms with Crippen LogP contribution in [0.2, 0.25) is 0 Å². The third-order valence-corrected chi connectivity index (χ3v) is 3.11. The molecule has 3 heteroatoms. The lowest BCUT2D eigenvalue weighted by Gasteiger charge is -2.05. The van der Waals surface area contributed by atoms with Gasteiger partial charge in [0.25, 0.3) is 0 Å². The van der Waals surface area contributed by atoms with E-state index in [0.29, 0.717) is 5.88 Å². The number of imidazole rings is 1. The highest BCUT2D eigenvalue weighted by Gasteiger charge is 2.03. The molecule has 0 unspecified atom stereocenters. The summed E-state index contributed by atoms with van der Waals surface area (Å²) in [6, 6.07) is 16.3. The van der Waals surface area contributed by atoms with Crippen LogP contribution in [-0.2, 0) is 5.88 Å². The van der Waals surface area contributed by atoms with E-state index < -0.39 is 0 Å². The van der Waals surface area contributed by atoms with Crippen LogP contribution in [-0.4, -0.2) is 9.55 Å². The van der Waals surface area contributed by atoms with Gasteiger partial charge >= 0.3 is 0 Å². The molecular formula is C14H11ClN2. The summed E-state index contributed by atoms with van der Waals surface area (Å²) in [5.74, 6) is 0.528. The second kappa shape index (κ2) is 4.22. The number of aromatic nitrogens is 2. The maximum atomic E-state index is 5.85. The number of nitrogens with zero attached hydrogens (tertiary/aromatic N) is 2. The Morgan fingerprint density at radius 3 is 2.82 bits per heavy atom. The van der Waals surface area contributed by atoms with Gasteiger partial charge in [0.05, 0.1) is 11.0 Å². The molecule has 0 saturated heterocycles. The monoisotopic (exact) mass is 242 g/mol. The minimum absolute atomic E-state index is 0.528. The molecule has 1 heterocycles. The molecule has 0 aliphatic rings. The van der Waals surface area contributed by atoms with Gasteiger partial charge in [-0.1, -0.05) is 24.3 Å². The van der Waals surface area contributed by atoms with E-state index in [1.165, 1.54) is 0 Å². The van der Waals surface area contributed by atoms with Crippen LogP contribution >= 0.6 is 11.6 Å². The normalized spacial score (nSPS) is 10.9. The molecule has 17 heavy (non-hydrogen) atoms. The first kappa shape index (κ1) is 10.4. The predicted molar refractivity (Wildman–Crippen MR) is 70.6 cm³/mol. The van der Waals surface area contributed by atoms with Crippen LogP contribution in [0.15, 0.2) is 54.9 Å². The van der Waals surface area contributed by atoms with Crippen molar-refractivity contribution in [3.8, 4) is 5.69 Å². The van der Waals surface area contributed by atoms with Gasteiger partial charge in [0.15, 0.2) is 0 Å². The number of halogens is 1. The van der Waals surface area contributed by atoms with E-state index >= 15 is 0 Å². The Balaban J connectivity index is 2.20. The van der Waals surface area contributed by atoms with Crippen molar-refractivity contribution in [2.24, 2.45) is 0 Å². The van der Waals surface area contributed by atoms with Crippen LogP contribution in [0.25, 0.3) is 16.7 Å². The summed E-state index contributed by atoms with van der Waals surface area (Å²) in [6.45, 7) is 0. The Morgan fingerprint density at radius 1 is 1.06 bits per heavy atom. The molecule has 0 aliphatic heterocycles. The van der Waals surface area contributed by atoms with Gasteiger partial charge in [0.2, 0.25) is 0 Å². The Bertz CT molecular complexity index is 658. The third-order valence-electron chi connectivity index (χ3n) is 2.80. The van der Waals surface area contributed by atoms with E-state index in [0.717, 1.165) is 22.3 Å². The van der Waals surface area contributed by atoms with Crippen molar-refractivity contribution in [2.75, 3.05) is 0 Å². The van der Waals surface area contributed by atoms with Gasteiger partial charge in [-0.3, -0.25) is 4.57 Å². The predicted octanol–water partition coefficient (Wildman–Crippen LogP) is 3.76. The first-order valence-corrected chi connectivity index (χ1v) is 5.99. The Morgan fingerprint density at radius 2 is 1.94 bits per heavy atom. The summed E-state index contributed by atoms with van der Waals surface area (Å²) in [6.07, 6.45) is 1.85. The van der Waals surface area contributed by atoms with Crippen molar-refractivity contribution in [3.05, 3.63) is 60.4 Å². The third kappa shape index (κ3) is 1.81. The van der Waals surface area contributed by atoms with Crippen LogP contribution < -0.4 is 0 Å². The first-order chi connectivity index (χ1) is 8.38. The molecule has 3 aromatic rings. The summed E-state index contributed by atoms with van der Waals surface area (Å²) in [7, 11) is 0. The van der Waals surface area contributed by atoms with Crippen LogP contribution in [0.4, 0.5) is 0 Å². The van der Waals surface area contributed by atoms with E-state index in [4.69, 9.17) is 11.6 Å².